The summed E-state index contributed by atoms with van der Waals surface area (Å²) in [5.74, 6) is -0.0948. The largest absolute Gasteiger partial charge is 0.508 e. The molecule has 0 aliphatic carbocycles. The minimum absolute atomic E-state index is 0.197. The van der Waals surface area contributed by atoms with Crippen LogP contribution in [0, 0.1) is 5.82 Å². The van der Waals surface area contributed by atoms with Gasteiger partial charge in [-0.1, -0.05) is 12.1 Å². The molecule has 0 saturated heterocycles. The van der Waals surface area contributed by atoms with Crippen molar-refractivity contribution in [3.63, 3.8) is 0 Å². The molecular weight excluding hydrogens is 317 g/mol. The number of phenols is 1. The highest BCUT2D eigenvalue weighted by Gasteiger charge is 2.24. The topological polar surface area (TPSA) is 57.8 Å². The third-order valence-corrected chi connectivity index (χ3v) is 3.99. The third-order valence-electron chi connectivity index (χ3n) is 3.99. The first kappa shape index (κ1) is 15.2. The first-order valence-corrected chi connectivity index (χ1v) is 7.82. The van der Waals surface area contributed by atoms with Crippen molar-refractivity contribution in [2.45, 2.75) is 6.17 Å². The molecule has 0 saturated carbocycles. The molecule has 5 heteroatoms. The average molecular weight is 331 g/mol. The third kappa shape index (κ3) is 3.04. The summed E-state index contributed by atoms with van der Waals surface area (Å²) in [5, 5.41) is 9.47. The Hall–Kier alpha value is -3.34. The van der Waals surface area contributed by atoms with E-state index in [2.05, 4.69) is 4.98 Å². The number of phenolic OH excluding ortho intramolecular Hbond substituents is 1. The average Bonchev–Trinajstić information content (AvgIpc) is 3.09. The molecule has 0 bridgehead atoms. The molecule has 3 aromatic rings. The zero-order valence-corrected chi connectivity index (χ0v) is 13.2. The zero-order valence-electron chi connectivity index (χ0n) is 13.2. The summed E-state index contributed by atoms with van der Waals surface area (Å²) in [5.41, 5.74) is 4.04. The van der Waals surface area contributed by atoms with Gasteiger partial charge in [-0.3, -0.25) is 15.0 Å². The highest BCUT2D eigenvalue weighted by atomic mass is 19.1. The lowest BCUT2D eigenvalue weighted by Crippen LogP contribution is -2.14. The van der Waals surface area contributed by atoms with E-state index in [4.69, 9.17) is 9.98 Å². The molecule has 1 aromatic heterocycles. The molecule has 1 aliphatic rings. The van der Waals surface area contributed by atoms with Gasteiger partial charge in [0.1, 0.15) is 11.6 Å². The fourth-order valence-electron chi connectivity index (χ4n) is 2.73. The van der Waals surface area contributed by atoms with Gasteiger partial charge in [0.25, 0.3) is 0 Å². The van der Waals surface area contributed by atoms with Gasteiger partial charge in [0.05, 0.1) is 11.4 Å². The van der Waals surface area contributed by atoms with Crippen LogP contribution in [0.5, 0.6) is 5.75 Å². The second-order valence-electron chi connectivity index (χ2n) is 5.66. The Balaban J connectivity index is 1.80. The number of hydrogen-bond acceptors (Lipinski definition) is 4. The second kappa shape index (κ2) is 6.28. The van der Waals surface area contributed by atoms with Crippen LogP contribution in [0.15, 0.2) is 83.0 Å². The number of aliphatic imine (C=N–C) groups is 2. The lowest BCUT2D eigenvalue weighted by atomic mass is 10.0. The van der Waals surface area contributed by atoms with Crippen LogP contribution in [-0.2, 0) is 0 Å². The van der Waals surface area contributed by atoms with Gasteiger partial charge >= 0.3 is 0 Å². The molecule has 2 heterocycles. The van der Waals surface area contributed by atoms with E-state index in [0.29, 0.717) is 5.71 Å². The van der Waals surface area contributed by atoms with Gasteiger partial charge < -0.3 is 5.11 Å². The van der Waals surface area contributed by atoms with E-state index >= 15 is 0 Å². The predicted molar refractivity (Wildman–Crippen MR) is 94.6 cm³/mol. The van der Waals surface area contributed by atoms with Crippen LogP contribution in [0.25, 0.3) is 0 Å². The Kier molecular flexibility index (Phi) is 3.82. The first-order chi connectivity index (χ1) is 12.2. The fourth-order valence-corrected chi connectivity index (χ4v) is 2.73. The van der Waals surface area contributed by atoms with Crippen LogP contribution in [0.1, 0.15) is 22.9 Å². The molecule has 0 unspecified atom stereocenters. The molecule has 1 atom stereocenters. The highest BCUT2D eigenvalue weighted by molar-refractivity contribution is 6.54. The molecule has 4 nitrogen and oxygen atoms in total. The molecule has 0 radical (unpaired) electrons. The Morgan fingerprint density at radius 1 is 0.720 bits per heavy atom. The van der Waals surface area contributed by atoms with Crippen molar-refractivity contribution in [3.05, 3.63) is 95.6 Å². The number of pyridine rings is 1. The van der Waals surface area contributed by atoms with Gasteiger partial charge in [-0.05, 0) is 54.1 Å². The Bertz CT molecular complexity index is 948. The molecule has 4 rings (SSSR count). The van der Waals surface area contributed by atoms with E-state index < -0.39 is 6.17 Å². The lowest BCUT2D eigenvalue weighted by molar-refractivity contribution is 0.475. The van der Waals surface area contributed by atoms with Crippen LogP contribution in [0.3, 0.4) is 0 Å². The fraction of sp³-hybridized carbons (Fsp3) is 0.0500. The van der Waals surface area contributed by atoms with Crippen molar-refractivity contribution >= 4 is 11.4 Å². The van der Waals surface area contributed by atoms with E-state index in [1.807, 2.05) is 12.1 Å². The Morgan fingerprint density at radius 3 is 1.88 bits per heavy atom. The van der Waals surface area contributed by atoms with Crippen LogP contribution in [0.4, 0.5) is 4.39 Å². The van der Waals surface area contributed by atoms with E-state index in [0.717, 1.165) is 22.4 Å². The minimum Gasteiger partial charge on any atom is -0.508 e. The number of aromatic hydroxyl groups is 1. The van der Waals surface area contributed by atoms with Crippen LogP contribution >= 0.6 is 0 Å². The lowest BCUT2D eigenvalue weighted by Gasteiger charge is -2.05. The van der Waals surface area contributed by atoms with E-state index in [-0.39, 0.29) is 11.6 Å². The summed E-state index contributed by atoms with van der Waals surface area (Å²) in [7, 11) is 0. The predicted octanol–water partition coefficient (Wildman–Crippen LogP) is 3.92. The molecular formula is C20H14FN3O. The minimum atomic E-state index is -0.399. The number of benzene rings is 2. The molecule has 1 N–H and O–H groups in total. The Morgan fingerprint density at radius 2 is 1.28 bits per heavy atom. The second-order valence-corrected chi connectivity index (χ2v) is 5.66. The number of rotatable bonds is 3. The standard InChI is InChI=1S/C20H14FN3O/c21-16-5-1-13(2-6-16)18-19(14-9-11-22-12-10-14)24-20(23-18)15-3-7-17(25)8-4-15/h1-12,20,25H/t20-/m0/s1. The van der Waals surface area contributed by atoms with E-state index in [9.17, 15) is 9.50 Å². The van der Waals surface area contributed by atoms with Crippen molar-refractivity contribution in [3.8, 4) is 5.75 Å². The summed E-state index contributed by atoms with van der Waals surface area (Å²) >= 11 is 0. The van der Waals surface area contributed by atoms with Gasteiger partial charge in [0.2, 0.25) is 0 Å². The Labute approximate surface area is 144 Å². The number of nitrogens with zero attached hydrogens (tertiary/aromatic N) is 3. The maximum atomic E-state index is 13.3. The molecule has 0 fully saturated rings. The van der Waals surface area contributed by atoms with Crippen LogP contribution in [-0.4, -0.2) is 21.5 Å². The monoisotopic (exact) mass is 331 g/mol. The molecule has 2 aromatic carbocycles. The molecule has 0 spiro atoms. The van der Waals surface area contributed by atoms with Gasteiger partial charge in [0, 0.05) is 23.5 Å². The molecule has 25 heavy (non-hydrogen) atoms. The molecule has 122 valence electrons. The van der Waals surface area contributed by atoms with Crippen molar-refractivity contribution in [2.75, 3.05) is 0 Å². The van der Waals surface area contributed by atoms with Crippen molar-refractivity contribution in [1.82, 2.24) is 4.98 Å². The summed E-state index contributed by atoms with van der Waals surface area (Å²) in [6.07, 6.45) is 3.01. The highest BCUT2D eigenvalue weighted by Crippen LogP contribution is 2.29. The van der Waals surface area contributed by atoms with Crippen molar-refractivity contribution in [2.24, 2.45) is 9.98 Å². The number of halogens is 1. The number of aromatic nitrogens is 1. The van der Waals surface area contributed by atoms with Gasteiger partial charge in [-0.2, -0.15) is 0 Å². The van der Waals surface area contributed by atoms with Crippen molar-refractivity contribution < 1.29 is 9.50 Å². The van der Waals surface area contributed by atoms with Crippen LogP contribution < -0.4 is 0 Å². The summed E-state index contributed by atoms with van der Waals surface area (Å²) in [4.78, 5) is 13.5. The normalized spacial score (nSPS) is 16.4. The van der Waals surface area contributed by atoms with Gasteiger partial charge in [-0.25, -0.2) is 4.39 Å². The zero-order chi connectivity index (χ0) is 17.2. The SMILES string of the molecule is Oc1ccc([C@@H]2N=C(c3ccncc3)C(c3ccc(F)cc3)=N2)cc1. The van der Waals surface area contributed by atoms with Crippen LogP contribution in [0.2, 0.25) is 0 Å². The van der Waals surface area contributed by atoms with Crippen molar-refractivity contribution in [1.29, 1.82) is 0 Å². The first-order valence-electron chi connectivity index (χ1n) is 7.82. The smallest absolute Gasteiger partial charge is 0.166 e. The maximum Gasteiger partial charge on any atom is 0.166 e. The maximum absolute atomic E-state index is 13.3. The summed E-state index contributed by atoms with van der Waals surface area (Å²) < 4.78 is 13.3. The molecule has 0 amide bonds. The summed E-state index contributed by atoms with van der Waals surface area (Å²) in [6.45, 7) is 0. The van der Waals surface area contributed by atoms with E-state index in [1.165, 1.54) is 12.1 Å². The molecule has 1 aliphatic heterocycles. The quantitative estimate of drug-likeness (QED) is 0.791. The van der Waals surface area contributed by atoms with E-state index in [1.54, 1.807) is 48.8 Å². The summed E-state index contributed by atoms with van der Waals surface area (Å²) in [6, 6.07) is 16.8. The van der Waals surface area contributed by atoms with Gasteiger partial charge in [-0.15, -0.1) is 0 Å². The number of hydrogen-bond donors (Lipinski definition) is 1. The van der Waals surface area contributed by atoms with Gasteiger partial charge in [0.15, 0.2) is 6.17 Å².